The molecule has 5 heteroatoms. The van der Waals surface area contributed by atoms with Crippen LogP contribution < -0.4 is 0 Å². The summed E-state index contributed by atoms with van der Waals surface area (Å²) < 4.78 is 0. The molecule has 2 heterocycles. The molecular weight excluding hydrogens is 284 g/mol. The first-order valence-electron chi connectivity index (χ1n) is 7.99. The number of aliphatic hydroxyl groups is 1. The second kappa shape index (κ2) is 6.46. The molecule has 1 saturated heterocycles. The second-order valence-electron chi connectivity index (χ2n) is 6.01. The van der Waals surface area contributed by atoms with E-state index >= 15 is 0 Å². The van der Waals surface area contributed by atoms with Gasteiger partial charge in [-0.05, 0) is 37.8 Å². The van der Waals surface area contributed by atoms with Crippen molar-refractivity contribution in [1.29, 1.82) is 0 Å². The number of rotatable bonds is 3. The topological polar surface area (TPSA) is 43.8 Å². The number of amides is 1. The fraction of sp³-hybridized carbons (Fsp3) is 0.688. The molecule has 1 amide bonds. The van der Waals surface area contributed by atoms with E-state index in [1.165, 1.54) is 4.88 Å². The van der Waals surface area contributed by atoms with Crippen LogP contribution in [0.5, 0.6) is 0 Å². The molecule has 1 aromatic heterocycles. The molecule has 4 nitrogen and oxygen atoms in total. The molecule has 1 aromatic rings. The largest absolute Gasteiger partial charge is 0.391 e. The Morgan fingerprint density at radius 1 is 1.29 bits per heavy atom. The summed E-state index contributed by atoms with van der Waals surface area (Å²) in [5.74, 6) is 0.173. The summed E-state index contributed by atoms with van der Waals surface area (Å²) in [6, 6.07) is 4.33. The van der Waals surface area contributed by atoms with Crippen molar-refractivity contribution in [2.75, 3.05) is 26.2 Å². The Morgan fingerprint density at radius 3 is 2.62 bits per heavy atom. The lowest BCUT2D eigenvalue weighted by molar-refractivity contribution is 0.0318. The van der Waals surface area contributed by atoms with Crippen LogP contribution in [0.2, 0.25) is 0 Å². The molecule has 1 aliphatic carbocycles. The molecule has 116 valence electrons. The quantitative estimate of drug-likeness (QED) is 0.928. The van der Waals surface area contributed by atoms with Crippen molar-refractivity contribution in [3.05, 3.63) is 21.9 Å². The average Bonchev–Trinajstić information content (AvgIpc) is 3.15. The van der Waals surface area contributed by atoms with Gasteiger partial charge in [0.25, 0.3) is 5.91 Å². The molecule has 3 rings (SSSR count). The molecule has 1 saturated carbocycles. The van der Waals surface area contributed by atoms with Gasteiger partial charge in [0.05, 0.1) is 11.0 Å². The van der Waals surface area contributed by atoms with Crippen LogP contribution in [0.3, 0.4) is 0 Å². The van der Waals surface area contributed by atoms with Gasteiger partial charge in [0.2, 0.25) is 0 Å². The summed E-state index contributed by atoms with van der Waals surface area (Å²) in [5.41, 5.74) is 0. The zero-order valence-electron chi connectivity index (χ0n) is 12.6. The highest BCUT2D eigenvalue weighted by Crippen LogP contribution is 2.26. The summed E-state index contributed by atoms with van der Waals surface area (Å²) >= 11 is 1.62. The lowest BCUT2D eigenvalue weighted by Crippen LogP contribution is -2.53. The molecule has 1 N–H and O–H groups in total. The predicted octanol–water partition coefficient (Wildman–Crippen LogP) is 1.98. The van der Waals surface area contributed by atoms with Crippen LogP contribution in [-0.4, -0.2) is 59.1 Å². The van der Waals surface area contributed by atoms with Gasteiger partial charge in [-0.2, -0.15) is 0 Å². The number of nitrogens with zero attached hydrogens (tertiary/aromatic N) is 2. The monoisotopic (exact) mass is 308 g/mol. The number of carbonyl (C=O) groups excluding carboxylic acids is 1. The number of aliphatic hydroxyl groups excluding tert-OH is 1. The number of hydrogen-bond acceptors (Lipinski definition) is 4. The highest BCUT2D eigenvalue weighted by Gasteiger charge is 2.33. The van der Waals surface area contributed by atoms with Crippen LogP contribution in [0.1, 0.15) is 40.7 Å². The van der Waals surface area contributed by atoms with Gasteiger partial charge in [0.1, 0.15) is 0 Å². The third-order valence-corrected chi connectivity index (χ3v) is 5.95. The van der Waals surface area contributed by atoms with Crippen LogP contribution >= 0.6 is 11.3 Å². The molecule has 21 heavy (non-hydrogen) atoms. The van der Waals surface area contributed by atoms with Crippen LogP contribution in [0.4, 0.5) is 0 Å². The fourth-order valence-corrected chi connectivity index (χ4v) is 4.36. The highest BCUT2D eigenvalue weighted by atomic mass is 32.1. The lowest BCUT2D eigenvalue weighted by atomic mass is 10.1. The SMILES string of the molecule is CCc1ccc(C(=O)N2CCN(C3CCCC3O)CC2)s1. The molecule has 0 radical (unpaired) electrons. The van der Waals surface area contributed by atoms with Gasteiger partial charge in [0.15, 0.2) is 0 Å². The number of hydrogen-bond donors (Lipinski definition) is 1. The minimum absolute atomic E-state index is 0.170. The van der Waals surface area contributed by atoms with Gasteiger partial charge in [-0.25, -0.2) is 0 Å². The van der Waals surface area contributed by atoms with Crippen LogP contribution in [0.25, 0.3) is 0 Å². The summed E-state index contributed by atoms with van der Waals surface area (Å²) in [6.07, 6.45) is 3.97. The Kier molecular flexibility index (Phi) is 4.62. The molecule has 0 aromatic carbocycles. The Hall–Kier alpha value is -0.910. The maximum Gasteiger partial charge on any atom is 0.264 e. The Bertz CT molecular complexity index is 494. The molecule has 2 unspecified atom stereocenters. The van der Waals surface area contributed by atoms with E-state index in [1.54, 1.807) is 11.3 Å². The number of carbonyl (C=O) groups is 1. The van der Waals surface area contributed by atoms with Gasteiger partial charge in [0, 0.05) is 37.1 Å². The predicted molar refractivity (Wildman–Crippen MR) is 84.8 cm³/mol. The second-order valence-corrected chi connectivity index (χ2v) is 7.18. The lowest BCUT2D eigenvalue weighted by Gasteiger charge is -2.39. The normalized spacial score (nSPS) is 27.2. The van der Waals surface area contributed by atoms with Crippen molar-refractivity contribution in [2.45, 2.75) is 44.8 Å². The van der Waals surface area contributed by atoms with E-state index in [2.05, 4.69) is 17.9 Å². The van der Waals surface area contributed by atoms with Gasteiger partial charge in [-0.15, -0.1) is 11.3 Å². The zero-order valence-corrected chi connectivity index (χ0v) is 13.4. The Balaban J connectivity index is 1.56. The van der Waals surface area contributed by atoms with Crippen molar-refractivity contribution in [3.8, 4) is 0 Å². The summed E-state index contributed by atoms with van der Waals surface area (Å²) in [6.45, 7) is 5.45. The van der Waals surface area contributed by atoms with Crippen molar-refractivity contribution >= 4 is 17.2 Å². The zero-order chi connectivity index (χ0) is 14.8. The first kappa shape index (κ1) is 15.0. The maximum absolute atomic E-state index is 12.5. The standard InChI is InChI=1S/C16H24N2O2S/c1-2-12-6-7-15(21-12)16(20)18-10-8-17(9-11-18)13-4-3-5-14(13)19/h6-7,13-14,19H,2-5,8-11H2,1H3. The first-order valence-corrected chi connectivity index (χ1v) is 8.80. The van der Waals surface area contributed by atoms with E-state index in [0.717, 1.165) is 56.7 Å². The van der Waals surface area contributed by atoms with Gasteiger partial charge in [-0.1, -0.05) is 6.92 Å². The minimum Gasteiger partial charge on any atom is -0.391 e. The van der Waals surface area contributed by atoms with Crippen molar-refractivity contribution in [3.63, 3.8) is 0 Å². The van der Waals surface area contributed by atoms with Crippen LogP contribution in [-0.2, 0) is 6.42 Å². The number of aryl methyl sites for hydroxylation is 1. The van der Waals surface area contributed by atoms with Crippen molar-refractivity contribution in [1.82, 2.24) is 9.80 Å². The maximum atomic E-state index is 12.5. The van der Waals surface area contributed by atoms with E-state index in [0.29, 0.717) is 6.04 Å². The molecule has 0 bridgehead atoms. The van der Waals surface area contributed by atoms with E-state index in [4.69, 9.17) is 0 Å². The van der Waals surface area contributed by atoms with E-state index < -0.39 is 0 Å². The molecule has 2 fully saturated rings. The van der Waals surface area contributed by atoms with Crippen LogP contribution in [0.15, 0.2) is 12.1 Å². The van der Waals surface area contributed by atoms with E-state index in [1.807, 2.05) is 11.0 Å². The van der Waals surface area contributed by atoms with Gasteiger partial charge < -0.3 is 10.0 Å². The van der Waals surface area contributed by atoms with Gasteiger partial charge in [-0.3, -0.25) is 9.69 Å². The molecular formula is C16H24N2O2S. The molecule has 1 aliphatic heterocycles. The first-order chi connectivity index (χ1) is 10.2. The molecule has 2 aliphatic rings. The Morgan fingerprint density at radius 2 is 2.05 bits per heavy atom. The molecule has 2 atom stereocenters. The summed E-state index contributed by atoms with van der Waals surface area (Å²) in [7, 11) is 0. The smallest absolute Gasteiger partial charge is 0.264 e. The highest BCUT2D eigenvalue weighted by molar-refractivity contribution is 7.14. The third-order valence-electron chi connectivity index (χ3n) is 4.74. The van der Waals surface area contributed by atoms with E-state index in [-0.39, 0.29) is 12.0 Å². The minimum atomic E-state index is -0.170. The van der Waals surface area contributed by atoms with Gasteiger partial charge >= 0.3 is 0 Å². The summed E-state index contributed by atoms with van der Waals surface area (Å²) in [4.78, 5) is 19.0. The molecule has 0 spiro atoms. The fourth-order valence-electron chi connectivity index (χ4n) is 3.44. The number of piperazine rings is 1. The van der Waals surface area contributed by atoms with E-state index in [9.17, 15) is 9.90 Å². The van der Waals surface area contributed by atoms with Crippen molar-refractivity contribution in [2.24, 2.45) is 0 Å². The third kappa shape index (κ3) is 3.15. The Labute approximate surface area is 130 Å². The van der Waals surface area contributed by atoms with Crippen molar-refractivity contribution < 1.29 is 9.90 Å². The summed E-state index contributed by atoms with van der Waals surface area (Å²) in [5, 5.41) is 10.0. The van der Waals surface area contributed by atoms with Crippen LogP contribution in [0, 0.1) is 0 Å². The average molecular weight is 308 g/mol. The number of thiophene rings is 1.